The fourth-order valence-corrected chi connectivity index (χ4v) is 3.11. The lowest BCUT2D eigenvalue weighted by atomic mass is 10.1. The van der Waals surface area contributed by atoms with Gasteiger partial charge in [0.1, 0.15) is 5.82 Å². The molecular formula is C18H18FN5OS. The van der Waals surface area contributed by atoms with E-state index < -0.39 is 0 Å². The number of tetrazole rings is 1. The number of aryl methyl sites for hydroxylation is 2. The summed E-state index contributed by atoms with van der Waals surface area (Å²) in [5, 5.41) is 15.0. The van der Waals surface area contributed by atoms with Gasteiger partial charge in [-0.25, -0.2) is 4.39 Å². The molecule has 0 fully saturated rings. The van der Waals surface area contributed by atoms with Crippen LogP contribution in [0.5, 0.6) is 0 Å². The molecule has 1 N–H and O–H groups in total. The number of halogens is 1. The second-order valence-electron chi connectivity index (χ2n) is 5.86. The normalized spacial score (nSPS) is 10.7. The molecule has 0 radical (unpaired) electrons. The van der Waals surface area contributed by atoms with E-state index in [4.69, 9.17) is 0 Å². The van der Waals surface area contributed by atoms with E-state index in [1.165, 1.54) is 17.8 Å². The third kappa shape index (κ3) is 4.45. The van der Waals surface area contributed by atoms with Gasteiger partial charge in [0, 0.05) is 6.54 Å². The Morgan fingerprint density at radius 2 is 2.08 bits per heavy atom. The predicted molar refractivity (Wildman–Crippen MR) is 97.6 cm³/mol. The molecule has 1 aromatic heterocycles. The average molecular weight is 371 g/mol. The van der Waals surface area contributed by atoms with Crippen molar-refractivity contribution in [3.63, 3.8) is 0 Å². The maximum absolute atomic E-state index is 13.3. The molecule has 0 aliphatic heterocycles. The summed E-state index contributed by atoms with van der Waals surface area (Å²) < 4.78 is 14.9. The van der Waals surface area contributed by atoms with Gasteiger partial charge in [-0.05, 0) is 59.2 Å². The fraction of sp³-hybridized carbons (Fsp3) is 0.222. The van der Waals surface area contributed by atoms with Crippen molar-refractivity contribution in [1.29, 1.82) is 0 Å². The lowest BCUT2D eigenvalue weighted by Gasteiger charge is -2.07. The van der Waals surface area contributed by atoms with Gasteiger partial charge < -0.3 is 5.32 Å². The quantitative estimate of drug-likeness (QED) is 0.675. The zero-order chi connectivity index (χ0) is 18.5. The number of hydrogen-bond acceptors (Lipinski definition) is 5. The lowest BCUT2D eigenvalue weighted by molar-refractivity contribution is -0.118. The first-order chi connectivity index (χ1) is 12.5. The number of hydrogen-bond donors (Lipinski definition) is 1. The molecule has 3 rings (SSSR count). The van der Waals surface area contributed by atoms with Crippen molar-refractivity contribution in [3.8, 4) is 5.69 Å². The van der Waals surface area contributed by atoms with Gasteiger partial charge in [0.15, 0.2) is 0 Å². The van der Waals surface area contributed by atoms with Crippen molar-refractivity contribution in [3.05, 3.63) is 65.0 Å². The molecule has 26 heavy (non-hydrogen) atoms. The number of rotatable bonds is 6. The van der Waals surface area contributed by atoms with Gasteiger partial charge in [-0.3, -0.25) is 4.79 Å². The lowest BCUT2D eigenvalue weighted by Crippen LogP contribution is -2.24. The second-order valence-corrected chi connectivity index (χ2v) is 6.80. The Kier molecular flexibility index (Phi) is 5.62. The van der Waals surface area contributed by atoms with E-state index in [2.05, 4.69) is 20.8 Å². The highest BCUT2D eigenvalue weighted by molar-refractivity contribution is 7.99. The van der Waals surface area contributed by atoms with E-state index in [1.807, 2.05) is 31.2 Å². The van der Waals surface area contributed by atoms with Crippen LogP contribution in [0.1, 0.15) is 16.7 Å². The summed E-state index contributed by atoms with van der Waals surface area (Å²) in [5.74, 6) is -0.207. The summed E-state index contributed by atoms with van der Waals surface area (Å²) in [7, 11) is 0. The zero-order valence-electron chi connectivity index (χ0n) is 14.4. The number of thioether (sulfide) groups is 1. The minimum atomic E-state index is -0.251. The first-order valence-electron chi connectivity index (χ1n) is 8.03. The Balaban J connectivity index is 1.57. The first kappa shape index (κ1) is 18.1. The van der Waals surface area contributed by atoms with E-state index in [-0.39, 0.29) is 17.5 Å². The molecule has 0 saturated heterocycles. The number of benzene rings is 2. The molecule has 0 bridgehead atoms. The van der Waals surface area contributed by atoms with E-state index in [0.29, 0.717) is 17.3 Å². The molecule has 0 unspecified atom stereocenters. The van der Waals surface area contributed by atoms with Gasteiger partial charge in [0.05, 0.1) is 11.4 Å². The molecule has 134 valence electrons. The summed E-state index contributed by atoms with van der Waals surface area (Å²) >= 11 is 1.26. The first-order valence-corrected chi connectivity index (χ1v) is 9.01. The summed E-state index contributed by atoms with van der Waals surface area (Å²) in [6, 6.07) is 12.6. The van der Waals surface area contributed by atoms with E-state index in [9.17, 15) is 9.18 Å². The van der Waals surface area contributed by atoms with Crippen molar-refractivity contribution < 1.29 is 9.18 Å². The SMILES string of the molecule is Cc1cccc(-n2nnnc2SCC(=O)NCc2ccc(F)c(C)c2)c1. The number of nitrogens with zero attached hydrogens (tertiary/aromatic N) is 4. The highest BCUT2D eigenvalue weighted by Gasteiger charge is 2.11. The van der Waals surface area contributed by atoms with Gasteiger partial charge in [-0.15, -0.1) is 5.10 Å². The third-order valence-electron chi connectivity index (χ3n) is 3.73. The predicted octanol–water partition coefficient (Wildman–Crippen LogP) is 2.83. The number of carbonyl (C=O) groups excluding carboxylic acids is 1. The van der Waals surface area contributed by atoms with Crippen LogP contribution in [-0.4, -0.2) is 31.9 Å². The van der Waals surface area contributed by atoms with E-state index in [1.54, 1.807) is 23.7 Å². The van der Waals surface area contributed by atoms with E-state index in [0.717, 1.165) is 16.8 Å². The second kappa shape index (κ2) is 8.09. The molecule has 1 amide bonds. The third-order valence-corrected chi connectivity index (χ3v) is 4.65. The highest BCUT2D eigenvalue weighted by atomic mass is 32.2. The van der Waals surface area contributed by atoms with Crippen LogP contribution < -0.4 is 5.32 Å². The molecular weight excluding hydrogens is 353 g/mol. The van der Waals surface area contributed by atoms with Crippen LogP contribution in [0.15, 0.2) is 47.6 Å². The minimum absolute atomic E-state index is 0.143. The van der Waals surface area contributed by atoms with E-state index >= 15 is 0 Å². The summed E-state index contributed by atoms with van der Waals surface area (Å²) in [6.07, 6.45) is 0. The molecule has 1 heterocycles. The van der Waals surface area contributed by atoms with Gasteiger partial charge in [-0.2, -0.15) is 4.68 Å². The average Bonchev–Trinajstić information content (AvgIpc) is 3.09. The summed E-state index contributed by atoms with van der Waals surface area (Å²) in [5.41, 5.74) is 3.36. The van der Waals surface area contributed by atoms with Crippen LogP contribution in [0, 0.1) is 19.7 Å². The van der Waals surface area contributed by atoms with Gasteiger partial charge in [0.2, 0.25) is 11.1 Å². The van der Waals surface area contributed by atoms with Crippen molar-refractivity contribution in [2.45, 2.75) is 25.5 Å². The van der Waals surface area contributed by atoms with Crippen molar-refractivity contribution in [2.24, 2.45) is 0 Å². The number of carbonyl (C=O) groups is 1. The maximum atomic E-state index is 13.3. The van der Waals surface area contributed by atoms with Crippen LogP contribution in [0.3, 0.4) is 0 Å². The van der Waals surface area contributed by atoms with Gasteiger partial charge >= 0.3 is 0 Å². The Morgan fingerprint density at radius 3 is 2.85 bits per heavy atom. The Hall–Kier alpha value is -2.74. The fourth-order valence-electron chi connectivity index (χ4n) is 2.39. The van der Waals surface area contributed by atoms with Gasteiger partial charge in [0.25, 0.3) is 0 Å². The number of aromatic nitrogens is 4. The molecule has 0 atom stereocenters. The molecule has 8 heteroatoms. The Morgan fingerprint density at radius 1 is 1.23 bits per heavy atom. The molecule has 0 aliphatic carbocycles. The Bertz CT molecular complexity index is 927. The van der Waals surface area contributed by atoms with Crippen LogP contribution >= 0.6 is 11.8 Å². The summed E-state index contributed by atoms with van der Waals surface area (Å²) in [6.45, 7) is 4.04. The molecule has 0 spiro atoms. The number of nitrogens with one attached hydrogen (secondary N) is 1. The van der Waals surface area contributed by atoms with Gasteiger partial charge in [-0.1, -0.05) is 36.0 Å². The summed E-state index contributed by atoms with van der Waals surface area (Å²) in [4.78, 5) is 12.1. The van der Waals surface area contributed by atoms with Crippen LogP contribution in [-0.2, 0) is 11.3 Å². The largest absolute Gasteiger partial charge is 0.351 e. The number of amides is 1. The van der Waals surface area contributed by atoms with Crippen molar-refractivity contribution in [1.82, 2.24) is 25.5 Å². The topological polar surface area (TPSA) is 72.7 Å². The highest BCUT2D eigenvalue weighted by Crippen LogP contribution is 2.18. The van der Waals surface area contributed by atoms with Crippen molar-refractivity contribution in [2.75, 3.05) is 5.75 Å². The molecule has 0 aliphatic rings. The monoisotopic (exact) mass is 371 g/mol. The Labute approximate surface area is 154 Å². The maximum Gasteiger partial charge on any atom is 0.230 e. The van der Waals surface area contributed by atoms with Crippen LogP contribution in [0.2, 0.25) is 0 Å². The smallest absolute Gasteiger partial charge is 0.230 e. The standard InChI is InChI=1S/C18H18FN5OS/c1-12-4-3-5-15(8-12)24-18(21-22-23-24)26-11-17(25)20-10-14-6-7-16(19)13(2)9-14/h3-9H,10-11H2,1-2H3,(H,20,25). The zero-order valence-corrected chi connectivity index (χ0v) is 15.3. The molecule has 0 saturated carbocycles. The van der Waals surface area contributed by atoms with Crippen LogP contribution in [0.25, 0.3) is 5.69 Å². The minimum Gasteiger partial charge on any atom is -0.351 e. The van der Waals surface area contributed by atoms with Crippen molar-refractivity contribution >= 4 is 17.7 Å². The molecule has 2 aromatic carbocycles. The molecule has 6 nitrogen and oxygen atoms in total. The molecule has 3 aromatic rings. The van der Waals surface area contributed by atoms with Crippen LogP contribution in [0.4, 0.5) is 4.39 Å².